The first kappa shape index (κ1) is 12.6. The lowest BCUT2D eigenvalue weighted by molar-refractivity contribution is -0.386. The van der Waals surface area contributed by atoms with Crippen LogP contribution in [-0.4, -0.2) is 22.5 Å². The van der Waals surface area contributed by atoms with Crippen LogP contribution in [0.2, 0.25) is 0 Å². The number of halogens is 1. The molecule has 0 saturated carbocycles. The Morgan fingerprint density at radius 2 is 2.38 bits per heavy atom. The molecular formula is C9H9BrN2O4. The highest BCUT2D eigenvalue weighted by Gasteiger charge is 2.21. The van der Waals surface area contributed by atoms with Gasteiger partial charge in [-0.15, -0.1) is 0 Å². The van der Waals surface area contributed by atoms with E-state index in [0.29, 0.717) is 0 Å². The molecule has 0 unspecified atom stereocenters. The molecule has 0 aliphatic carbocycles. The summed E-state index contributed by atoms with van der Waals surface area (Å²) in [4.78, 5) is 25.1. The summed E-state index contributed by atoms with van der Waals surface area (Å²) in [5.74, 6) is -0.497. The van der Waals surface area contributed by atoms with Crippen LogP contribution in [-0.2, 0) is 16.0 Å². The molecule has 0 aromatic carbocycles. The second-order valence-corrected chi connectivity index (χ2v) is 3.60. The fourth-order valence-corrected chi connectivity index (χ4v) is 1.69. The Bertz CT molecular complexity index is 422. The zero-order valence-electron chi connectivity index (χ0n) is 8.47. The number of rotatable bonds is 4. The van der Waals surface area contributed by atoms with Crippen molar-refractivity contribution in [2.75, 3.05) is 6.61 Å². The van der Waals surface area contributed by atoms with Gasteiger partial charge >= 0.3 is 11.7 Å². The van der Waals surface area contributed by atoms with E-state index in [2.05, 4.69) is 20.9 Å². The Balaban J connectivity index is 3.00. The van der Waals surface area contributed by atoms with Crippen LogP contribution in [0.5, 0.6) is 0 Å². The number of hydrogen-bond acceptors (Lipinski definition) is 5. The molecule has 0 radical (unpaired) electrons. The molecule has 0 fully saturated rings. The van der Waals surface area contributed by atoms with Gasteiger partial charge in [-0.05, 0) is 28.9 Å². The number of nitrogens with zero attached hydrogens (tertiary/aromatic N) is 2. The zero-order chi connectivity index (χ0) is 12.1. The third kappa shape index (κ3) is 2.99. The molecule has 0 spiro atoms. The molecule has 0 aliphatic rings. The summed E-state index contributed by atoms with van der Waals surface area (Å²) < 4.78 is 4.83. The third-order valence-corrected chi connectivity index (χ3v) is 2.37. The first-order valence-corrected chi connectivity index (χ1v) is 5.29. The van der Waals surface area contributed by atoms with Crippen LogP contribution >= 0.6 is 15.9 Å². The highest BCUT2D eigenvalue weighted by atomic mass is 79.9. The van der Waals surface area contributed by atoms with E-state index < -0.39 is 10.9 Å². The summed E-state index contributed by atoms with van der Waals surface area (Å²) in [5, 5.41) is 10.8. The lowest BCUT2D eigenvalue weighted by atomic mass is 10.1. The number of hydrogen-bond donors (Lipinski definition) is 0. The Hall–Kier alpha value is -1.50. The SMILES string of the molecule is CCOC(=O)Cc1ccnc(Br)c1[N+](=O)[O-]. The lowest BCUT2D eigenvalue weighted by Crippen LogP contribution is -2.09. The van der Waals surface area contributed by atoms with Gasteiger partial charge in [0.15, 0.2) is 4.60 Å². The summed E-state index contributed by atoms with van der Waals surface area (Å²) >= 11 is 2.97. The second kappa shape index (κ2) is 5.55. The maximum Gasteiger partial charge on any atom is 0.310 e. The van der Waals surface area contributed by atoms with Crippen molar-refractivity contribution in [3.8, 4) is 0 Å². The van der Waals surface area contributed by atoms with Crippen LogP contribution in [0, 0.1) is 10.1 Å². The van der Waals surface area contributed by atoms with Crippen molar-refractivity contribution in [3.05, 3.63) is 32.5 Å². The minimum Gasteiger partial charge on any atom is -0.466 e. The van der Waals surface area contributed by atoms with E-state index in [1.54, 1.807) is 6.92 Å². The highest BCUT2D eigenvalue weighted by molar-refractivity contribution is 9.10. The van der Waals surface area contributed by atoms with E-state index in [4.69, 9.17) is 4.74 Å². The molecular weight excluding hydrogens is 280 g/mol. The molecule has 1 rings (SSSR count). The summed E-state index contributed by atoms with van der Waals surface area (Å²) in [7, 11) is 0. The molecule has 0 aliphatic heterocycles. The van der Waals surface area contributed by atoms with Gasteiger partial charge in [0.2, 0.25) is 0 Å². The Kier molecular flexibility index (Phi) is 4.36. The summed E-state index contributed by atoms with van der Waals surface area (Å²) in [6.45, 7) is 1.92. The van der Waals surface area contributed by atoms with Crippen LogP contribution in [0.25, 0.3) is 0 Å². The van der Waals surface area contributed by atoms with Crippen molar-refractivity contribution in [1.82, 2.24) is 4.98 Å². The van der Waals surface area contributed by atoms with Crippen molar-refractivity contribution in [2.24, 2.45) is 0 Å². The van der Waals surface area contributed by atoms with Crippen LogP contribution < -0.4 is 0 Å². The minimum atomic E-state index is -0.578. The molecule has 0 amide bonds. The molecule has 1 aromatic rings. The van der Waals surface area contributed by atoms with E-state index in [0.717, 1.165) is 0 Å². The minimum absolute atomic E-state index is 0.110. The monoisotopic (exact) mass is 288 g/mol. The molecule has 0 N–H and O–H groups in total. The summed E-state index contributed by atoms with van der Waals surface area (Å²) in [6, 6.07) is 1.43. The highest BCUT2D eigenvalue weighted by Crippen LogP contribution is 2.26. The van der Waals surface area contributed by atoms with Gasteiger partial charge in [0.25, 0.3) is 0 Å². The first-order chi connectivity index (χ1) is 7.56. The molecule has 0 saturated heterocycles. The Morgan fingerprint density at radius 1 is 1.69 bits per heavy atom. The number of pyridine rings is 1. The Labute approximate surface area is 99.9 Å². The van der Waals surface area contributed by atoms with Gasteiger partial charge in [0.1, 0.15) is 0 Å². The van der Waals surface area contributed by atoms with Gasteiger partial charge in [0, 0.05) is 11.8 Å². The quantitative estimate of drug-likeness (QED) is 0.365. The molecule has 86 valence electrons. The van der Waals surface area contributed by atoms with E-state index in [1.807, 2.05) is 0 Å². The van der Waals surface area contributed by atoms with Gasteiger partial charge < -0.3 is 4.74 Å². The number of ether oxygens (including phenoxy) is 1. The smallest absolute Gasteiger partial charge is 0.310 e. The third-order valence-electron chi connectivity index (χ3n) is 1.79. The lowest BCUT2D eigenvalue weighted by Gasteiger charge is -2.03. The van der Waals surface area contributed by atoms with Crippen molar-refractivity contribution in [1.29, 1.82) is 0 Å². The molecule has 0 atom stereocenters. The van der Waals surface area contributed by atoms with E-state index in [-0.39, 0.29) is 28.9 Å². The van der Waals surface area contributed by atoms with Gasteiger partial charge in [-0.1, -0.05) is 0 Å². The van der Waals surface area contributed by atoms with Gasteiger partial charge in [-0.25, -0.2) is 4.98 Å². The molecule has 1 aromatic heterocycles. The zero-order valence-corrected chi connectivity index (χ0v) is 10.1. The van der Waals surface area contributed by atoms with E-state index in [9.17, 15) is 14.9 Å². The van der Waals surface area contributed by atoms with E-state index in [1.165, 1.54) is 12.3 Å². The molecule has 7 heteroatoms. The van der Waals surface area contributed by atoms with Crippen LogP contribution in [0.1, 0.15) is 12.5 Å². The number of carbonyl (C=O) groups is 1. The van der Waals surface area contributed by atoms with Crippen molar-refractivity contribution in [3.63, 3.8) is 0 Å². The average molecular weight is 289 g/mol. The predicted octanol–water partition coefficient (Wildman–Crippen LogP) is 1.86. The number of esters is 1. The first-order valence-electron chi connectivity index (χ1n) is 4.49. The fourth-order valence-electron chi connectivity index (χ4n) is 1.17. The molecule has 0 bridgehead atoms. The largest absolute Gasteiger partial charge is 0.466 e. The predicted molar refractivity (Wildman–Crippen MR) is 58.9 cm³/mol. The van der Waals surface area contributed by atoms with Gasteiger partial charge in [-0.2, -0.15) is 0 Å². The maximum absolute atomic E-state index is 11.2. The van der Waals surface area contributed by atoms with Gasteiger partial charge in [0.05, 0.1) is 18.0 Å². The summed E-state index contributed by atoms with van der Waals surface area (Å²) in [6.07, 6.45) is 1.26. The average Bonchev–Trinajstić information content (AvgIpc) is 2.17. The maximum atomic E-state index is 11.2. The number of nitro groups is 1. The summed E-state index contributed by atoms with van der Waals surface area (Å²) in [5.41, 5.74) is 0.0841. The molecule has 6 nitrogen and oxygen atoms in total. The van der Waals surface area contributed by atoms with Crippen molar-refractivity contribution < 1.29 is 14.5 Å². The number of carbonyl (C=O) groups excluding carboxylic acids is 1. The van der Waals surface area contributed by atoms with Gasteiger partial charge in [-0.3, -0.25) is 14.9 Å². The molecule has 1 heterocycles. The Morgan fingerprint density at radius 3 is 2.94 bits per heavy atom. The van der Waals surface area contributed by atoms with Crippen LogP contribution in [0.3, 0.4) is 0 Å². The second-order valence-electron chi connectivity index (χ2n) is 2.85. The van der Waals surface area contributed by atoms with Crippen molar-refractivity contribution >= 4 is 27.6 Å². The number of aromatic nitrogens is 1. The fraction of sp³-hybridized carbons (Fsp3) is 0.333. The van der Waals surface area contributed by atoms with Crippen LogP contribution in [0.15, 0.2) is 16.9 Å². The topological polar surface area (TPSA) is 82.3 Å². The molecule has 16 heavy (non-hydrogen) atoms. The normalized spacial score (nSPS) is 9.88. The standard InChI is InChI=1S/C9H9BrN2O4/c1-2-16-7(13)5-6-3-4-11-9(10)8(6)12(14)15/h3-4H,2,5H2,1H3. The van der Waals surface area contributed by atoms with E-state index >= 15 is 0 Å². The van der Waals surface area contributed by atoms with Crippen LogP contribution in [0.4, 0.5) is 5.69 Å². The van der Waals surface area contributed by atoms with Crippen molar-refractivity contribution in [2.45, 2.75) is 13.3 Å².